The van der Waals surface area contributed by atoms with Crippen LogP contribution in [-0.2, 0) is 0 Å². The Bertz CT molecular complexity index is 1170. The predicted octanol–water partition coefficient (Wildman–Crippen LogP) is 5.87. The molecule has 3 aromatic rings. The average Bonchev–Trinajstić information content (AvgIpc) is 2.74. The van der Waals surface area contributed by atoms with Crippen molar-refractivity contribution in [2.24, 2.45) is 0 Å². The Balaban J connectivity index is 2.19. The van der Waals surface area contributed by atoms with Crippen molar-refractivity contribution in [2.75, 3.05) is 27.1 Å². The lowest BCUT2D eigenvalue weighted by atomic mass is 9.96. The number of aromatic amines is 1. The fourth-order valence-corrected chi connectivity index (χ4v) is 3.71. The van der Waals surface area contributed by atoms with E-state index in [4.69, 9.17) is 43.8 Å². The molecule has 0 spiro atoms. The van der Waals surface area contributed by atoms with E-state index in [-0.39, 0.29) is 5.02 Å². The smallest absolute Gasteiger partial charge is 0.203 e. The molecule has 0 atom stereocenters. The van der Waals surface area contributed by atoms with E-state index in [9.17, 15) is 4.39 Å². The number of pyridine rings is 1. The maximum absolute atomic E-state index is 13.6. The topological polar surface area (TPSA) is 69.5 Å². The van der Waals surface area contributed by atoms with Gasteiger partial charge >= 0.3 is 0 Å². The summed E-state index contributed by atoms with van der Waals surface area (Å²) in [5, 5.41) is -0.0112. The molecule has 3 N–H and O–H groups in total. The van der Waals surface area contributed by atoms with Crippen LogP contribution in [0.15, 0.2) is 43.1 Å². The summed E-state index contributed by atoms with van der Waals surface area (Å²) in [5.41, 5.74) is 9.24. The number of halogens is 2. The number of nitrogens with one attached hydrogen (secondary N) is 1. The number of aromatic nitrogens is 1. The molecule has 1 aromatic heterocycles. The summed E-state index contributed by atoms with van der Waals surface area (Å²) in [6.45, 7) is 4.10. The van der Waals surface area contributed by atoms with Crippen LogP contribution in [0.25, 0.3) is 16.7 Å². The van der Waals surface area contributed by atoms with Crippen LogP contribution in [0, 0.1) is 10.3 Å². The first-order valence-corrected chi connectivity index (χ1v) is 9.57. The van der Waals surface area contributed by atoms with E-state index < -0.39 is 5.82 Å². The second kappa shape index (κ2) is 8.77. The highest BCUT2D eigenvalue weighted by Crippen LogP contribution is 2.42. The lowest BCUT2D eigenvalue weighted by molar-refractivity contribution is 0.324. The molecule has 0 radical (unpaired) electrons. The lowest BCUT2D eigenvalue weighted by Crippen LogP contribution is -2.01. The molecule has 0 bridgehead atoms. The minimum atomic E-state index is -0.516. The standard InChI is InChI=1S/C22H20ClFN2O3S/c1-11(12-5-6-16(24)15(23)7-12)19-21(30)14(10-26-22(19)25)13-8-17(27-2)20(29-4)18(9-13)28-3/h5-10H,1H2,2-4H3,(H3,25,26,30). The van der Waals surface area contributed by atoms with Crippen molar-refractivity contribution in [2.45, 2.75) is 0 Å². The van der Waals surface area contributed by atoms with Gasteiger partial charge in [-0.25, -0.2) is 4.39 Å². The normalized spacial score (nSPS) is 10.6. The van der Waals surface area contributed by atoms with Crippen molar-refractivity contribution in [3.05, 3.63) is 69.6 Å². The number of hydrogen-bond donors (Lipinski definition) is 2. The van der Waals surface area contributed by atoms with Crippen LogP contribution in [0.2, 0.25) is 5.02 Å². The number of nitrogen functional groups attached to an aromatic ring is 1. The number of anilines is 1. The van der Waals surface area contributed by atoms with E-state index in [1.165, 1.54) is 33.5 Å². The number of ether oxygens (including phenoxy) is 3. The van der Waals surface area contributed by atoms with Gasteiger partial charge in [0.2, 0.25) is 5.75 Å². The molecule has 0 saturated heterocycles. The van der Waals surface area contributed by atoms with Crippen molar-refractivity contribution in [1.29, 1.82) is 0 Å². The zero-order valence-electron chi connectivity index (χ0n) is 16.6. The first-order chi connectivity index (χ1) is 14.3. The van der Waals surface area contributed by atoms with Crippen LogP contribution in [0.3, 0.4) is 0 Å². The molecule has 0 amide bonds. The maximum atomic E-state index is 13.6. The molecule has 0 fully saturated rings. The lowest BCUT2D eigenvalue weighted by Gasteiger charge is -2.16. The second-order valence-corrected chi connectivity index (χ2v) is 7.16. The van der Waals surface area contributed by atoms with Crippen LogP contribution in [0.1, 0.15) is 11.1 Å². The monoisotopic (exact) mass is 446 g/mol. The van der Waals surface area contributed by atoms with Gasteiger partial charge in [0, 0.05) is 17.3 Å². The van der Waals surface area contributed by atoms with Gasteiger partial charge in [0.25, 0.3) is 0 Å². The molecule has 0 saturated carbocycles. The number of methoxy groups -OCH3 is 3. The molecule has 3 rings (SSSR count). The van der Waals surface area contributed by atoms with Crippen LogP contribution < -0.4 is 19.9 Å². The van der Waals surface area contributed by atoms with Gasteiger partial charge in [0.05, 0.1) is 30.9 Å². The van der Waals surface area contributed by atoms with Gasteiger partial charge in [-0.2, -0.15) is 0 Å². The molecule has 156 valence electrons. The third kappa shape index (κ3) is 3.86. The SMILES string of the molecule is C=C(c1ccc(F)c(Cl)c1)c1c(N)[nH]cc(-c2cc(OC)c(OC)c(OC)c2)c1=S. The number of hydrogen-bond acceptors (Lipinski definition) is 5. The Hall–Kier alpha value is -3.03. The van der Waals surface area contributed by atoms with Crippen molar-refractivity contribution < 1.29 is 18.6 Å². The van der Waals surface area contributed by atoms with Gasteiger partial charge in [-0.05, 0) is 41.0 Å². The van der Waals surface area contributed by atoms with Gasteiger partial charge in [0.1, 0.15) is 11.6 Å². The zero-order chi connectivity index (χ0) is 22.0. The molecule has 2 aromatic carbocycles. The molecule has 8 heteroatoms. The highest BCUT2D eigenvalue weighted by Gasteiger charge is 2.18. The van der Waals surface area contributed by atoms with Crippen molar-refractivity contribution in [3.8, 4) is 28.4 Å². The van der Waals surface area contributed by atoms with Crippen molar-refractivity contribution in [3.63, 3.8) is 0 Å². The van der Waals surface area contributed by atoms with Gasteiger partial charge in [0.15, 0.2) is 11.5 Å². The summed E-state index contributed by atoms with van der Waals surface area (Å²) < 4.78 is 30.3. The summed E-state index contributed by atoms with van der Waals surface area (Å²) in [6, 6.07) is 7.91. The van der Waals surface area contributed by atoms with Crippen LogP contribution in [0.5, 0.6) is 17.2 Å². The number of H-pyrrole nitrogens is 1. The minimum Gasteiger partial charge on any atom is -0.493 e. The summed E-state index contributed by atoms with van der Waals surface area (Å²) in [7, 11) is 4.61. The first kappa shape index (κ1) is 21.7. The molecule has 5 nitrogen and oxygen atoms in total. The molecular formula is C22H20ClFN2O3S. The highest BCUT2D eigenvalue weighted by molar-refractivity contribution is 7.71. The predicted molar refractivity (Wildman–Crippen MR) is 121 cm³/mol. The molecule has 1 heterocycles. The second-order valence-electron chi connectivity index (χ2n) is 6.34. The van der Waals surface area contributed by atoms with Crippen molar-refractivity contribution >= 4 is 35.2 Å². The Morgan fingerprint density at radius 2 is 1.73 bits per heavy atom. The summed E-state index contributed by atoms with van der Waals surface area (Å²) >= 11 is 11.7. The Morgan fingerprint density at radius 3 is 2.27 bits per heavy atom. The quantitative estimate of drug-likeness (QED) is 0.463. The van der Waals surface area contributed by atoms with E-state index in [0.717, 1.165) is 5.56 Å². The highest BCUT2D eigenvalue weighted by atomic mass is 35.5. The fourth-order valence-electron chi connectivity index (χ4n) is 3.12. The average molecular weight is 447 g/mol. The van der Waals surface area contributed by atoms with Gasteiger partial charge in [-0.15, -0.1) is 0 Å². The number of benzene rings is 2. The summed E-state index contributed by atoms with van der Waals surface area (Å²) in [6.07, 6.45) is 1.70. The Labute approximate surface area is 183 Å². The maximum Gasteiger partial charge on any atom is 0.203 e. The van der Waals surface area contributed by atoms with E-state index in [1.807, 2.05) is 0 Å². The van der Waals surface area contributed by atoms with E-state index >= 15 is 0 Å². The van der Waals surface area contributed by atoms with Gasteiger partial charge in [-0.1, -0.05) is 36.5 Å². The fraction of sp³-hybridized carbons (Fsp3) is 0.136. The van der Waals surface area contributed by atoms with Crippen LogP contribution >= 0.6 is 23.8 Å². The molecule has 0 unspecified atom stereocenters. The van der Waals surface area contributed by atoms with E-state index in [0.29, 0.717) is 49.8 Å². The number of nitrogens with two attached hydrogens (primary N) is 1. The molecule has 0 aliphatic heterocycles. The third-order valence-electron chi connectivity index (χ3n) is 4.66. The molecule has 0 aliphatic rings. The molecular weight excluding hydrogens is 427 g/mol. The third-order valence-corrected chi connectivity index (χ3v) is 5.37. The summed E-state index contributed by atoms with van der Waals surface area (Å²) in [5.74, 6) is 1.27. The Kier molecular flexibility index (Phi) is 6.34. The molecule has 30 heavy (non-hydrogen) atoms. The summed E-state index contributed by atoms with van der Waals surface area (Å²) in [4.78, 5) is 3.02. The van der Waals surface area contributed by atoms with Crippen LogP contribution in [-0.4, -0.2) is 26.3 Å². The zero-order valence-corrected chi connectivity index (χ0v) is 18.2. The van der Waals surface area contributed by atoms with Crippen molar-refractivity contribution in [1.82, 2.24) is 4.98 Å². The van der Waals surface area contributed by atoms with E-state index in [2.05, 4.69) is 11.6 Å². The Morgan fingerprint density at radius 1 is 1.10 bits per heavy atom. The van der Waals surface area contributed by atoms with Gasteiger partial charge < -0.3 is 24.9 Å². The van der Waals surface area contributed by atoms with Gasteiger partial charge in [-0.3, -0.25) is 0 Å². The minimum absolute atomic E-state index is 0.0112. The largest absolute Gasteiger partial charge is 0.493 e. The van der Waals surface area contributed by atoms with Crippen LogP contribution in [0.4, 0.5) is 10.2 Å². The first-order valence-electron chi connectivity index (χ1n) is 8.78. The van der Waals surface area contributed by atoms with E-state index in [1.54, 1.807) is 24.4 Å². The molecule has 0 aliphatic carbocycles. The number of rotatable bonds is 6.